The number of aromatic nitrogens is 3. The third-order valence-electron chi connectivity index (χ3n) is 4.21. The standard InChI is InChI=1S/C17H21ClN4O/c1-12-8-13(2)10-21(9-12)17(23)15-16(18)22(20-19-15)11-14-6-4-3-5-7-14/h3-7,12-13H,8-11H2,1-2H3. The van der Waals surface area contributed by atoms with Crippen molar-refractivity contribution in [3.05, 3.63) is 46.7 Å². The molecule has 0 saturated carbocycles. The summed E-state index contributed by atoms with van der Waals surface area (Å²) in [6.45, 7) is 6.36. The Kier molecular flexibility index (Phi) is 4.66. The normalized spacial score (nSPS) is 21.4. The largest absolute Gasteiger partial charge is 0.337 e. The van der Waals surface area contributed by atoms with Crippen LogP contribution in [0, 0.1) is 11.8 Å². The van der Waals surface area contributed by atoms with Gasteiger partial charge in [-0.05, 0) is 23.8 Å². The van der Waals surface area contributed by atoms with E-state index in [2.05, 4.69) is 24.2 Å². The van der Waals surface area contributed by atoms with Gasteiger partial charge < -0.3 is 4.90 Å². The maximum atomic E-state index is 12.7. The minimum Gasteiger partial charge on any atom is -0.337 e. The Labute approximate surface area is 141 Å². The van der Waals surface area contributed by atoms with E-state index >= 15 is 0 Å². The van der Waals surface area contributed by atoms with Crippen molar-refractivity contribution >= 4 is 17.5 Å². The number of nitrogens with zero attached hydrogens (tertiary/aromatic N) is 4. The van der Waals surface area contributed by atoms with E-state index in [1.165, 1.54) is 0 Å². The van der Waals surface area contributed by atoms with Crippen molar-refractivity contribution in [3.63, 3.8) is 0 Å². The van der Waals surface area contributed by atoms with Crippen LogP contribution in [0.5, 0.6) is 0 Å². The summed E-state index contributed by atoms with van der Waals surface area (Å²) in [6.07, 6.45) is 1.15. The van der Waals surface area contributed by atoms with E-state index in [-0.39, 0.29) is 11.6 Å². The Bertz CT molecular complexity index is 675. The summed E-state index contributed by atoms with van der Waals surface area (Å²) in [4.78, 5) is 14.6. The molecule has 1 aliphatic heterocycles. The molecule has 0 aliphatic carbocycles. The Balaban J connectivity index is 1.77. The predicted molar refractivity (Wildman–Crippen MR) is 89.4 cm³/mol. The topological polar surface area (TPSA) is 51.0 Å². The molecule has 1 aromatic heterocycles. The molecule has 6 heteroatoms. The lowest BCUT2D eigenvalue weighted by Crippen LogP contribution is -2.42. The molecule has 5 nitrogen and oxygen atoms in total. The number of benzene rings is 1. The van der Waals surface area contributed by atoms with Crippen LogP contribution in [-0.4, -0.2) is 38.9 Å². The van der Waals surface area contributed by atoms with Gasteiger partial charge in [-0.2, -0.15) is 0 Å². The lowest BCUT2D eigenvalue weighted by Gasteiger charge is -2.34. The summed E-state index contributed by atoms with van der Waals surface area (Å²) in [5.74, 6) is 0.884. The molecule has 2 unspecified atom stereocenters. The van der Waals surface area contributed by atoms with Crippen molar-refractivity contribution in [1.82, 2.24) is 19.9 Å². The van der Waals surface area contributed by atoms with E-state index in [4.69, 9.17) is 11.6 Å². The van der Waals surface area contributed by atoms with Crippen LogP contribution in [-0.2, 0) is 6.54 Å². The number of amides is 1. The first-order valence-corrected chi connectivity index (χ1v) is 8.34. The van der Waals surface area contributed by atoms with E-state index in [0.29, 0.717) is 23.5 Å². The molecule has 3 rings (SSSR count). The van der Waals surface area contributed by atoms with Crippen molar-refractivity contribution in [2.24, 2.45) is 11.8 Å². The molecular formula is C17H21ClN4O. The first-order chi connectivity index (χ1) is 11.0. The lowest BCUT2D eigenvalue weighted by molar-refractivity contribution is 0.0617. The highest BCUT2D eigenvalue weighted by atomic mass is 35.5. The Morgan fingerprint density at radius 3 is 2.52 bits per heavy atom. The van der Waals surface area contributed by atoms with E-state index in [0.717, 1.165) is 25.1 Å². The quantitative estimate of drug-likeness (QED) is 0.867. The van der Waals surface area contributed by atoms with Gasteiger partial charge in [-0.25, -0.2) is 4.68 Å². The van der Waals surface area contributed by atoms with Gasteiger partial charge >= 0.3 is 0 Å². The van der Waals surface area contributed by atoms with Crippen LogP contribution in [0.15, 0.2) is 30.3 Å². The second-order valence-corrected chi connectivity index (χ2v) is 6.89. The molecule has 23 heavy (non-hydrogen) atoms. The fourth-order valence-electron chi connectivity index (χ4n) is 3.27. The third-order valence-corrected chi connectivity index (χ3v) is 4.58. The first-order valence-electron chi connectivity index (χ1n) is 7.96. The molecule has 2 aromatic rings. The van der Waals surface area contributed by atoms with Gasteiger partial charge in [0.2, 0.25) is 0 Å². The van der Waals surface area contributed by atoms with Gasteiger partial charge in [0.1, 0.15) is 0 Å². The highest BCUT2D eigenvalue weighted by Crippen LogP contribution is 2.24. The zero-order chi connectivity index (χ0) is 16.4. The van der Waals surface area contributed by atoms with Gasteiger partial charge in [0.15, 0.2) is 10.8 Å². The van der Waals surface area contributed by atoms with E-state index in [1.807, 2.05) is 35.2 Å². The molecular weight excluding hydrogens is 312 g/mol. The maximum Gasteiger partial charge on any atom is 0.277 e. The SMILES string of the molecule is CC1CC(C)CN(C(=O)c2nnn(Cc3ccccc3)c2Cl)C1. The van der Waals surface area contributed by atoms with Gasteiger partial charge in [0.05, 0.1) is 6.54 Å². The molecule has 1 aliphatic rings. The van der Waals surface area contributed by atoms with E-state index < -0.39 is 0 Å². The van der Waals surface area contributed by atoms with Crippen molar-refractivity contribution in [1.29, 1.82) is 0 Å². The molecule has 122 valence electrons. The minimum absolute atomic E-state index is 0.118. The minimum atomic E-state index is -0.118. The van der Waals surface area contributed by atoms with Gasteiger partial charge in [-0.1, -0.05) is 61.0 Å². The monoisotopic (exact) mass is 332 g/mol. The highest BCUT2D eigenvalue weighted by Gasteiger charge is 2.29. The number of hydrogen-bond acceptors (Lipinski definition) is 3. The van der Waals surface area contributed by atoms with Gasteiger partial charge in [-0.15, -0.1) is 5.10 Å². The fraction of sp³-hybridized carbons (Fsp3) is 0.471. The number of halogens is 1. The smallest absolute Gasteiger partial charge is 0.277 e. The van der Waals surface area contributed by atoms with Crippen LogP contribution in [0.25, 0.3) is 0 Å². The van der Waals surface area contributed by atoms with Crippen LogP contribution in [0.1, 0.15) is 36.3 Å². The molecule has 2 atom stereocenters. The molecule has 1 fully saturated rings. The summed E-state index contributed by atoms with van der Waals surface area (Å²) in [6, 6.07) is 9.87. The van der Waals surface area contributed by atoms with Crippen molar-refractivity contribution in [3.8, 4) is 0 Å². The van der Waals surface area contributed by atoms with Crippen molar-refractivity contribution in [2.75, 3.05) is 13.1 Å². The molecule has 1 aromatic carbocycles. The summed E-state index contributed by atoms with van der Waals surface area (Å²) >= 11 is 6.35. The zero-order valence-corrected chi connectivity index (χ0v) is 14.2. The number of rotatable bonds is 3. The number of hydrogen-bond donors (Lipinski definition) is 0. The number of carbonyl (C=O) groups excluding carboxylic acids is 1. The van der Waals surface area contributed by atoms with Crippen LogP contribution in [0.4, 0.5) is 0 Å². The van der Waals surface area contributed by atoms with Crippen molar-refractivity contribution < 1.29 is 4.79 Å². The second-order valence-electron chi connectivity index (χ2n) is 6.53. The van der Waals surface area contributed by atoms with E-state index in [9.17, 15) is 4.79 Å². The van der Waals surface area contributed by atoms with Crippen LogP contribution in [0.2, 0.25) is 5.15 Å². The summed E-state index contributed by atoms with van der Waals surface area (Å²) in [7, 11) is 0. The van der Waals surface area contributed by atoms with Gasteiger partial charge in [0, 0.05) is 13.1 Å². The number of carbonyl (C=O) groups is 1. The Morgan fingerprint density at radius 2 is 1.87 bits per heavy atom. The maximum absolute atomic E-state index is 12.7. The molecule has 1 amide bonds. The van der Waals surface area contributed by atoms with Crippen LogP contribution < -0.4 is 0 Å². The highest BCUT2D eigenvalue weighted by molar-refractivity contribution is 6.32. The summed E-state index contributed by atoms with van der Waals surface area (Å²) in [5.41, 5.74) is 1.32. The summed E-state index contributed by atoms with van der Waals surface area (Å²) < 4.78 is 1.57. The molecule has 0 bridgehead atoms. The van der Waals surface area contributed by atoms with Crippen LogP contribution >= 0.6 is 11.6 Å². The predicted octanol–water partition coefficient (Wildman–Crippen LogP) is 3.10. The lowest BCUT2D eigenvalue weighted by atomic mass is 9.92. The zero-order valence-electron chi connectivity index (χ0n) is 13.4. The van der Waals surface area contributed by atoms with Gasteiger partial charge in [0.25, 0.3) is 5.91 Å². The third kappa shape index (κ3) is 3.55. The van der Waals surface area contributed by atoms with E-state index in [1.54, 1.807) is 4.68 Å². The first kappa shape index (κ1) is 16.0. The Morgan fingerprint density at radius 1 is 1.22 bits per heavy atom. The fourth-order valence-corrected chi connectivity index (χ4v) is 3.48. The average Bonchev–Trinajstić information content (AvgIpc) is 2.88. The summed E-state index contributed by atoms with van der Waals surface area (Å²) in [5, 5.41) is 8.39. The Hall–Kier alpha value is -1.88. The number of piperidine rings is 1. The molecule has 0 N–H and O–H groups in total. The second kappa shape index (κ2) is 6.71. The van der Waals surface area contributed by atoms with Crippen LogP contribution in [0.3, 0.4) is 0 Å². The molecule has 0 radical (unpaired) electrons. The van der Waals surface area contributed by atoms with Gasteiger partial charge in [-0.3, -0.25) is 4.79 Å². The average molecular weight is 333 g/mol. The molecule has 1 saturated heterocycles. The number of likely N-dealkylation sites (tertiary alicyclic amines) is 1. The van der Waals surface area contributed by atoms with Crippen molar-refractivity contribution in [2.45, 2.75) is 26.8 Å². The molecule has 0 spiro atoms. The molecule has 2 heterocycles.